The van der Waals surface area contributed by atoms with Crippen LogP contribution in [0.5, 0.6) is 5.75 Å². The Kier molecular flexibility index (Phi) is 5.06. The molecule has 3 aromatic rings. The van der Waals surface area contributed by atoms with Gasteiger partial charge in [0.25, 0.3) is 0 Å². The molecule has 0 unspecified atom stereocenters. The van der Waals surface area contributed by atoms with Gasteiger partial charge in [0.05, 0.1) is 29.6 Å². The Morgan fingerprint density at radius 1 is 0.926 bits per heavy atom. The molecule has 1 heterocycles. The number of anilines is 1. The fourth-order valence-corrected chi connectivity index (χ4v) is 3.62. The van der Waals surface area contributed by atoms with Crippen LogP contribution in [0.15, 0.2) is 77.9 Å². The zero-order valence-corrected chi connectivity index (χ0v) is 16.3. The van der Waals surface area contributed by atoms with E-state index in [9.17, 15) is 0 Å². The Bertz CT molecular complexity index is 968. The third-order valence-corrected chi connectivity index (χ3v) is 5.26. The number of hydrogen-bond acceptors (Lipinski definition) is 3. The molecule has 0 spiro atoms. The molecule has 0 radical (unpaired) electrons. The lowest BCUT2D eigenvalue weighted by Crippen LogP contribution is -2.18. The number of hydrogen-bond donors (Lipinski definition) is 0. The van der Waals surface area contributed by atoms with E-state index in [4.69, 9.17) is 33.0 Å². The van der Waals surface area contributed by atoms with Crippen molar-refractivity contribution in [2.75, 3.05) is 12.1 Å². The van der Waals surface area contributed by atoms with E-state index in [1.165, 1.54) is 0 Å². The minimum Gasteiger partial charge on any atom is -0.497 e. The van der Waals surface area contributed by atoms with Crippen LogP contribution in [0.25, 0.3) is 0 Å². The van der Waals surface area contributed by atoms with Crippen LogP contribution in [0.2, 0.25) is 10.0 Å². The summed E-state index contributed by atoms with van der Waals surface area (Å²) in [5, 5.41) is 8.32. The molecule has 3 aromatic carbocycles. The van der Waals surface area contributed by atoms with E-state index in [1.807, 2.05) is 77.8 Å². The van der Waals surface area contributed by atoms with Crippen molar-refractivity contribution in [3.8, 4) is 5.75 Å². The molecule has 0 saturated heterocycles. The van der Waals surface area contributed by atoms with Crippen molar-refractivity contribution in [1.29, 1.82) is 0 Å². The molecule has 0 N–H and O–H groups in total. The van der Waals surface area contributed by atoms with Gasteiger partial charge in [0, 0.05) is 11.4 Å². The lowest BCUT2D eigenvalue weighted by Gasteiger charge is -2.24. The number of halogens is 2. The van der Waals surface area contributed by atoms with Gasteiger partial charge < -0.3 is 4.74 Å². The molecule has 3 nitrogen and oxygen atoms in total. The Labute approximate surface area is 168 Å². The Morgan fingerprint density at radius 3 is 2.30 bits per heavy atom. The average Bonchev–Trinajstić information content (AvgIpc) is 3.14. The highest BCUT2D eigenvalue weighted by Gasteiger charge is 2.30. The summed E-state index contributed by atoms with van der Waals surface area (Å²) in [6.45, 7) is 0. The first kappa shape index (κ1) is 17.9. The van der Waals surface area contributed by atoms with Crippen LogP contribution in [-0.4, -0.2) is 12.8 Å². The first-order chi connectivity index (χ1) is 13.2. The smallest absolute Gasteiger partial charge is 0.118 e. The van der Waals surface area contributed by atoms with Crippen LogP contribution >= 0.6 is 23.2 Å². The molecule has 0 aliphatic carbocycles. The molecule has 0 amide bonds. The van der Waals surface area contributed by atoms with Crippen molar-refractivity contribution in [2.45, 2.75) is 12.5 Å². The number of benzene rings is 3. The van der Waals surface area contributed by atoms with Gasteiger partial charge in [-0.2, -0.15) is 5.10 Å². The Morgan fingerprint density at radius 2 is 1.63 bits per heavy atom. The Hall–Kier alpha value is -2.49. The highest BCUT2D eigenvalue weighted by molar-refractivity contribution is 6.33. The summed E-state index contributed by atoms with van der Waals surface area (Å²) in [5.41, 5.74) is 4.12. The summed E-state index contributed by atoms with van der Waals surface area (Å²) in [4.78, 5) is 0. The number of hydrazone groups is 1. The summed E-state index contributed by atoms with van der Waals surface area (Å²) in [6.07, 6.45) is 0.777. The summed E-state index contributed by atoms with van der Waals surface area (Å²) < 4.78 is 5.26. The molecule has 4 rings (SSSR count). The normalized spacial score (nSPS) is 16.3. The van der Waals surface area contributed by atoms with Crippen LogP contribution in [0.4, 0.5) is 5.69 Å². The fraction of sp³-hybridized carbons (Fsp3) is 0.136. The summed E-state index contributed by atoms with van der Waals surface area (Å²) in [7, 11) is 1.66. The topological polar surface area (TPSA) is 24.8 Å². The number of ether oxygens (including phenoxy) is 1. The summed E-state index contributed by atoms with van der Waals surface area (Å²) in [5.74, 6) is 0.828. The van der Waals surface area contributed by atoms with Gasteiger partial charge in [0.15, 0.2) is 0 Å². The molecule has 1 atom stereocenters. The molecule has 136 valence electrons. The van der Waals surface area contributed by atoms with Crippen molar-refractivity contribution in [3.05, 3.63) is 94.0 Å². The maximum atomic E-state index is 6.47. The average molecular weight is 397 g/mol. The predicted octanol–water partition coefficient (Wildman–Crippen LogP) is 6.36. The van der Waals surface area contributed by atoms with Crippen molar-refractivity contribution in [1.82, 2.24) is 0 Å². The highest BCUT2D eigenvalue weighted by Crippen LogP contribution is 2.39. The lowest BCUT2D eigenvalue weighted by atomic mass is 9.98. The number of methoxy groups -OCH3 is 1. The standard InChI is InChI=1S/C22H18Cl2N2O/c1-27-18-12-8-15(9-13-18)20-14-22(16-6-10-17(23)11-7-16)26(25-20)21-5-3-2-4-19(21)24/h2-13,22H,14H2,1H3/t22-/m0/s1. The first-order valence-electron chi connectivity index (χ1n) is 8.67. The fourth-order valence-electron chi connectivity index (χ4n) is 3.27. The third-order valence-electron chi connectivity index (χ3n) is 4.69. The molecule has 0 saturated carbocycles. The van der Waals surface area contributed by atoms with Crippen LogP contribution in [-0.2, 0) is 0 Å². The molecule has 1 aliphatic rings. The van der Waals surface area contributed by atoms with Crippen molar-refractivity contribution >= 4 is 34.6 Å². The van der Waals surface area contributed by atoms with Crippen molar-refractivity contribution in [3.63, 3.8) is 0 Å². The molecule has 0 bridgehead atoms. The third kappa shape index (κ3) is 3.66. The van der Waals surface area contributed by atoms with E-state index < -0.39 is 0 Å². The monoisotopic (exact) mass is 396 g/mol. The zero-order valence-electron chi connectivity index (χ0n) is 14.8. The minimum atomic E-state index is 0.0549. The van der Waals surface area contributed by atoms with E-state index in [-0.39, 0.29) is 6.04 Å². The highest BCUT2D eigenvalue weighted by atomic mass is 35.5. The van der Waals surface area contributed by atoms with Crippen LogP contribution in [0, 0.1) is 0 Å². The molecule has 0 fully saturated rings. The van der Waals surface area contributed by atoms with E-state index >= 15 is 0 Å². The largest absolute Gasteiger partial charge is 0.497 e. The quantitative estimate of drug-likeness (QED) is 0.512. The van der Waals surface area contributed by atoms with E-state index in [1.54, 1.807) is 7.11 Å². The van der Waals surface area contributed by atoms with Gasteiger partial charge in [-0.25, -0.2) is 0 Å². The number of para-hydroxylation sites is 1. The minimum absolute atomic E-state index is 0.0549. The molecular formula is C22H18Cl2N2O. The SMILES string of the molecule is COc1ccc(C2=NN(c3ccccc3Cl)[C@H](c3ccc(Cl)cc3)C2)cc1. The van der Waals surface area contributed by atoms with Crippen molar-refractivity contribution < 1.29 is 4.74 Å². The van der Waals surface area contributed by atoms with E-state index in [0.717, 1.165) is 39.7 Å². The lowest BCUT2D eigenvalue weighted by molar-refractivity contribution is 0.415. The van der Waals surface area contributed by atoms with E-state index in [2.05, 4.69) is 0 Å². The Balaban J connectivity index is 1.75. The number of nitrogens with zero attached hydrogens (tertiary/aromatic N) is 2. The molecular weight excluding hydrogens is 379 g/mol. The van der Waals surface area contributed by atoms with Gasteiger partial charge in [-0.3, -0.25) is 5.01 Å². The molecule has 5 heteroatoms. The predicted molar refractivity (Wildman–Crippen MR) is 112 cm³/mol. The maximum absolute atomic E-state index is 6.47. The van der Waals surface area contributed by atoms with Crippen LogP contribution < -0.4 is 9.75 Å². The van der Waals surface area contributed by atoms with Crippen LogP contribution in [0.1, 0.15) is 23.6 Å². The molecule has 27 heavy (non-hydrogen) atoms. The van der Waals surface area contributed by atoms with Crippen molar-refractivity contribution in [2.24, 2.45) is 5.10 Å². The zero-order chi connectivity index (χ0) is 18.8. The van der Waals surface area contributed by atoms with Gasteiger partial charge in [0.2, 0.25) is 0 Å². The number of rotatable bonds is 4. The van der Waals surface area contributed by atoms with Crippen LogP contribution in [0.3, 0.4) is 0 Å². The second-order valence-electron chi connectivity index (χ2n) is 6.34. The van der Waals surface area contributed by atoms with Gasteiger partial charge in [-0.05, 0) is 59.7 Å². The summed E-state index contributed by atoms with van der Waals surface area (Å²) >= 11 is 12.5. The maximum Gasteiger partial charge on any atom is 0.118 e. The van der Waals surface area contributed by atoms with Gasteiger partial charge in [-0.15, -0.1) is 0 Å². The van der Waals surface area contributed by atoms with Gasteiger partial charge in [0.1, 0.15) is 5.75 Å². The second kappa shape index (κ2) is 7.63. The second-order valence-corrected chi connectivity index (χ2v) is 7.19. The summed E-state index contributed by atoms with van der Waals surface area (Å²) in [6, 6.07) is 23.7. The molecule has 0 aromatic heterocycles. The first-order valence-corrected chi connectivity index (χ1v) is 9.42. The van der Waals surface area contributed by atoms with Gasteiger partial charge >= 0.3 is 0 Å². The van der Waals surface area contributed by atoms with Gasteiger partial charge in [-0.1, -0.05) is 47.5 Å². The van der Waals surface area contributed by atoms with E-state index in [0.29, 0.717) is 5.02 Å². The molecule has 1 aliphatic heterocycles.